The minimum absolute atomic E-state index is 0.0590. The zero-order valence-electron chi connectivity index (χ0n) is 19.5. The topological polar surface area (TPSA) is 75.4 Å². The Hall–Kier alpha value is -2.75. The van der Waals surface area contributed by atoms with Crippen LogP contribution in [0.4, 0.5) is 17.6 Å². The molecule has 0 bridgehead atoms. The SMILES string of the molecule is C[C@H](CC(F)(F)F)C(=O)N1CC[C@@](O)(Cn2cnc(-c3ccccc3F)cc2=O)C2(CCCC2)C1. The lowest BCUT2D eigenvalue weighted by molar-refractivity contribution is -0.172. The molecule has 0 radical (unpaired) electrons. The number of piperidine rings is 1. The first-order valence-electron chi connectivity index (χ1n) is 11.8. The van der Waals surface area contributed by atoms with Crippen molar-refractivity contribution in [3.05, 3.63) is 52.8 Å². The summed E-state index contributed by atoms with van der Waals surface area (Å²) in [5.74, 6) is -2.27. The quantitative estimate of drug-likeness (QED) is 0.632. The van der Waals surface area contributed by atoms with Crippen LogP contribution in [0.2, 0.25) is 0 Å². The zero-order valence-corrected chi connectivity index (χ0v) is 19.5. The molecule has 1 aliphatic carbocycles. The Kier molecular flexibility index (Phi) is 6.78. The monoisotopic (exact) mass is 495 g/mol. The third kappa shape index (κ3) is 5.12. The third-order valence-corrected chi connectivity index (χ3v) is 7.57. The van der Waals surface area contributed by atoms with Gasteiger partial charge in [-0.05, 0) is 31.4 Å². The molecule has 4 rings (SSSR count). The normalized spacial score (nSPS) is 23.0. The highest BCUT2D eigenvalue weighted by Gasteiger charge is 2.56. The average molecular weight is 496 g/mol. The molecule has 2 atom stereocenters. The number of likely N-dealkylation sites (tertiary alicyclic amines) is 1. The van der Waals surface area contributed by atoms with Crippen LogP contribution >= 0.6 is 0 Å². The van der Waals surface area contributed by atoms with Crippen molar-refractivity contribution in [2.24, 2.45) is 11.3 Å². The molecule has 2 aliphatic rings. The van der Waals surface area contributed by atoms with Crippen LogP contribution in [0.1, 0.15) is 45.4 Å². The number of halogens is 4. The molecule has 1 aromatic carbocycles. The number of rotatable bonds is 5. The molecular weight excluding hydrogens is 466 g/mol. The van der Waals surface area contributed by atoms with Gasteiger partial charge in [-0.3, -0.25) is 14.2 Å². The molecule has 1 N–H and O–H groups in total. The summed E-state index contributed by atoms with van der Waals surface area (Å²) in [4.78, 5) is 31.3. The van der Waals surface area contributed by atoms with Gasteiger partial charge in [0.05, 0.1) is 30.6 Å². The van der Waals surface area contributed by atoms with Crippen LogP contribution in [0, 0.1) is 17.2 Å². The lowest BCUT2D eigenvalue weighted by Gasteiger charge is -2.52. The first-order chi connectivity index (χ1) is 16.4. The molecule has 35 heavy (non-hydrogen) atoms. The first-order valence-corrected chi connectivity index (χ1v) is 11.8. The van der Waals surface area contributed by atoms with Gasteiger partial charge in [0.25, 0.3) is 5.56 Å². The van der Waals surface area contributed by atoms with Crippen molar-refractivity contribution < 1.29 is 27.5 Å². The van der Waals surface area contributed by atoms with Gasteiger partial charge in [-0.25, -0.2) is 9.37 Å². The highest BCUT2D eigenvalue weighted by molar-refractivity contribution is 5.78. The standard InChI is InChI=1S/C25H29F4N3O3/c1-17(13-25(27,28)29)22(34)31-11-10-24(35,23(14-31)8-4-5-9-23)15-32-16-30-20(12-21(32)33)18-6-2-3-7-19(18)26/h2-3,6-7,12,16-17,35H,4-5,8-11,13-15H2,1H3/t17-,24-/m1/s1. The first kappa shape index (κ1) is 25.3. The molecular formula is C25H29F4N3O3. The summed E-state index contributed by atoms with van der Waals surface area (Å²) in [6.45, 7) is 1.48. The summed E-state index contributed by atoms with van der Waals surface area (Å²) in [7, 11) is 0. The van der Waals surface area contributed by atoms with E-state index >= 15 is 0 Å². The van der Waals surface area contributed by atoms with E-state index in [2.05, 4.69) is 4.98 Å². The molecule has 0 unspecified atom stereocenters. The Morgan fingerprint density at radius 3 is 2.51 bits per heavy atom. The number of alkyl halides is 3. The minimum atomic E-state index is -4.43. The zero-order chi connectivity index (χ0) is 25.4. The summed E-state index contributed by atoms with van der Waals surface area (Å²) in [6.07, 6.45) is -1.34. The molecule has 190 valence electrons. The van der Waals surface area contributed by atoms with Crippen LogP contribution in [0.5, 0.6) is 0 Å². The van der Waals surface area contributed by atoms with E-state index < -0.39 is 46.8 Å². The fourth-order valence-corrected chi connectivity index (χ4v) is 5.68. The minimum Gasteiger partial charge on any atom is -0.387 e. The van der Waals surface area contributed by atoms with E-state index in [0.29, 0.717) is 12.8 Å². The van der Waals surface area contributed by atoms with Gasteiger partial charge in [-0.2, -0.15) is 13.2 Å². The maximum atomic E-state index is 14.1. The van der Waals surface area contributed by atoms with E-state index in [-0.39, 0.29) is 37.3 Å². The number of aliphatic hydroxyl groups is 1. The van der Waals surface area contributed by atoms with Gasteiger partial charge < -0.3 is 10.0 Å². The van der Waals surface area contributed by atoms with Gasteiger partial charge in [0.1, 0.15) is 5.82 Å². The molecule has 1 saturated heterocycles. The second kappa shape index (κ2) is 9.37. The Bertz CT molecular complexity index is 1140. The third-order valence-electron chi connectivity index (χ3n) is 7.57. The molecule has 1 aliphatic heterocycles. The van der Waals surface area contributed by atoms with Crippen LogP contribution in [-0.2, 0) is 11.3 Å². The number of carbonyl (C=O) groups is 1. The number of aromatic nitrogens is 2. The van der Waals surface area contributed by atoms with Crippen molar-refractivity contribution >= 4 is 5.91 Å². The fourth-order valence-electron chi connectivity index (χ4n) is 5.68. The van der Waals surface area contributed by atoms with Crippen molar-refractivity contribution in [1.29, 1.82) is 0 Å². The molecule has 2 fully saturated rings. The van der Waals surface area contributed by atoms with E-state index in [9.17, 15) is 32.3 Å². The second-order valence-corrected chi connectivity index (χ2v) is 9.97. The number of hydrogen-bond acceptors (Lipinski definition) is 4. The summed E-state index contributed by atoms with van der Waals surface area (Å²) in [5, 5.41) is 11.8. The van der Waals surface area contributed by atoms with Crippen molar-refractivity contribution in [1.82, 2.24) is 14.5 Å². The Labute approximate surface area is 200 Å². The van der Waals surface area contributed by atoms with Gasteiger partial charge >= 0.3 is 6.18 Å². The van der Waals surface area contributed by atoms with E-state index in [1.165, 1.54) is 47.0 Å². The van der Waals surface area contributed by atoms with Crippen molar-refractivity contribution in [2.45, 2.75) is 63.8 Å². The Morgan fingerprint density at radius 2 is 1.89 bits per heavy atom. The molecule has 6 nitrogen and oxygen atoms in total. The molecule has 10 heteroatoms. The molecule has 2 heterocycles. The average Bonchev–Trinajstić information content (AvgIpc) is 3.26. The van der Waals surface area contributed by atoms with Gasteiger partial charge in [0.15, 0.2) is 0 Å². The fraction of sp³-hybridized carbons (Fsp3) is 0.560. The summed E-state index contributed by atoms with van der Waals surface area (Å²) < 4.78 is 53.9. The molecule has 1 saturated carbocycles. The number of hydrogen-bond donors (Lipinski definition) is 1. The van der Waals surface area contributed by atoms with E-state index in [1.807, 2.05) is 0 Å². The maximum Gasteiger partial charge on any atom is 0.389 e. The van der Waals surface area contributed by atoms with Crippen LogP contribution in [0.15, 0.2) is 41.5 Å². The van der Waals surface area contributed by atoms with Gasteiger partial charge in [-0.15, -0.1) is 0 Å². The highest BCUT2D eigenvalue weighted by atomic mass is 19.4. The molecule has 1 amide bonds. The lowest BCUT2D eigenvalue weighted by atomic mass is 9.65. The van der Waals surface area contributed by atoms with Crippen molar-refractivity contribution in [3.63, 3.8) is 0 Å². The number of benzene rings is 1. The maximum absolute atomic E-state index is 14.1. The Balaban J connectivity index is 1.56. The van der Waals surface area contributed by atoms with Crippen LogP contribution in [0.25, 0.3) is 11.3 Å². The number of nitrogens with zero attached hydrogens (tertiary/aromatic N) is 3. The van der Waals surface area contributed by atoms with Crippen molar-refractivity contribution in [3.8, 4) is 11.3 Å². The Morgan fingerprint density at radius 1 is 1.20 bits per heavy atom. The van der Waals surface area contributed by atoms with E-state index in [4.69, 9.17) is 0 Å². The van der Waals surface area contributed by atoms with Crippen LogP contribution < -0.4 is 5.56 Å². The van der Waals surface area contributed by atoms with Gasteiger partial charge in [0.2, 0.25) is 5.91 Å². The smallest absolute Gasteiger partial charge is 0.387 e. The predicted molar refractivity (Wildman–Crippen MR) is 121 cm³/mol. The van der Waals surface area contributed by atoms with Crippen molar-refractivity contribution in [2.75, 3.05) is 13.1 Å². The summed E-state index contributed by atoms with van der Waals surface area (Å²) in [6, 6.07) is 7.20. The van der Waals surface area contributed by atoms with Gasteiger partial charge in [-0.1, -0.05) is 31.9 Å². The molecule has 1 spiro atoms. The largest absolute Gasteiger partial charge is 0.389 e. The predicted octanol–water partition coefficient (Wildman–Crippen LogP) is 4.16. The molecule has 2 aromatic rings. The number of carbonyl (C=O) groups excluding carboxylic acids is 1. The lowest BCUT2D eigenvalue weighted by Crippen LogP contribution is -2.62. The summed E-state index contributed by atoms with van der Waals surface area (Å²) in [5.41, 5.74) is -2.12. The van der Waals surface area contributed by atoms with Crippen LogP contribution in [0.3, 0.4) is 0 Å². The van der Waals surface area contributed by atoms with Gasteiger partial charge in [0, 0.05) is 36.1 Å². The van der Waals surface area contributed by atoms with E-state index in [0.717, 1.165) is 12.8 Å². The molecule has 1 aromatic heterocycles. The highest BCUT2D eigenvalue weighted by Crippen LogP contribution is 2.51. The summed E-state index contributed by atoms with van der Waals surface area (Å²) >= 11 is 0. The number of amides is 1. The van der Waals surface area contributed by atoms with E-state index in [1.54, 1.807) is 6.07 Å². The second-order valence-electron chi connectivity index (χ2n) is 9.97. The van der Waals surface area contributed by atoms with Crippen LogP contribution in [-0.4, -0.2) is 50.3 Å².